The van der Waals surface area contributed by atoms with Crippen LogP contribution in [-0.4, -0.2) is 30.1 Å². The number of nitrogens with one attached hydrogen (secondary N) is 1. The molecule has 16 heavy (non-hydrogen) atoms. The van der Waals surface area contributed by atoms with E-state index in [1.165, 1.54) is 0 Å². The van der Waals surface area contributed by atoms with Gasteiger partial charge in [-0.05, 0) is 26.0 Å². The van der Waals surface area contributed by atoms with Gasteiger partial charge in [-0.25, -0.2) is 0 Å². The Kier molecular flexibility index (Phi) is 4.43. The van der Waals surface area contributed by atoms with E-state index in [4.69, 9.17) is 4.74 Å². The lowest BCUT2D eigenvalue weighted by Crippen LogP contribution is -2.40. The van der Waals surface area contributed by atoms with Crippen LogP contribution in [-0.2, 0) is 16.0 Å². The van der Waals surface area contributed by atoms with E-state index in [9.17, 15) is 4.79 Å². The Bertz CT molecular complexity index is 336. The van der Waals surface area contributed by atoms with Gasteiger partial charge in [-0.2, -0.15) is 0 Å². The quantitative estimate of drug-likeness (QED) is 0.813. The fourth-order valence-electron chi connectivity index (χ4n) is 1.11. The Morgan fingerprint density at radius 2 is 2.25 bits per heavy atom. The van der Waals surface area contributed by atoms with Crippen molar-refractivity contribution in [2.45, 2.75) is 25.9 Å². The van der Waals surface area contributed by atoms with Gasteiger partial charge >= 0.3 is 0 Å². The van der Waals surface area contributed by atoms with E-state index in [2.05, 4.69) is 10.3 Å². The van der Waals surface area contributed by atoms with E-state index in [-0.39, 0.29) is 11.5 Å². The lowest BCUT2D eigenvalue weighted by Gasteiger charge is -2.22. The molecule has 1 amide bonds. The first-order valence-electron chi connectivity index (χ1n) is 5.25. The van der Waals surface area contributed by atoms with Crippen LogP contribution in [0.4, 0.5) is 0 Å². The van der Waals surface area contributed by atoms with E-state index >= 15 is 0 Å². The van der Waals surface area contributed by atoms with Crippen LogP contribution in [0.1, 0.15) is 19.5 Å². The number of hydrogen-bond acceptors (Lipinski definition) is 3. The number of amides is 1. The summed E-state index contributed by atoms with van der Waals surface area (Å²) in [5.74, 6) is -0.0381. The van der Waals surface area contributed by atoms with Crippen molar-refractivity contribution in [3.8, 4) is 0 Å². The van der Waals surface area contributed by atoms with Crippen molar-refractivity contribution in [2.75, 3.05) is 13.7 Å². The summed E-state index contributed by atoms with van der Waals surface area (Å²) in [5.41, 5.74) is 0.440. The fraction of sp³-hybridized carbons (Fsp3) is 0.500. The summed E-state index contributed by atoms with van der Waals surface area (Å²) < 4.78 is 5.21. The minimum atomic E-state index is -0.334. The van der Waals surface area contributed by atoms with Crippen molar-refractivity contribution in [1.82, 2.24) is 10.3 Å². The molecule has 0 atom stereocenters. The highest BCUT2D eigenvalue weighted by Gasteiger charge is 2.17. The van der Waals surface area contributed by atoms with Crippen molar-refractivity contribution >= 4 is 5.91 Å². The molecule has 1 heterocycles. The first-order chi connectivity index (χ1) is 7.53. The van der Waals surface area contributed by atoms with E-state index < -0.39 is 0 Å². The highest BCUT2D eigenvalue weighted by atomic mass is 16.5. The third-order valence-corrected chi connectivity index (χ3v) is 2.33. The molecule has 1 rings (SSSR count). The minimum Gasteiger partial charge on any atom is -0.377 e. The normalized spacial score (nSPS) is 11.2. The molecule has 4 nitrogen and oxygen atoms in total. The monoisotopic (exact) mass is 222 g/mol. The maximum atomic E-state index is 11.6. The molecule has 0 aromatic carbocycles. The SMILES string of the molecule is COC(C)(C)CNC(=O)Cc1ccccn1. The van der Waals surface area contributed by atoms with E-state index in [0.717, 1.165) is 5.69 Å². The summed E-state index contributed by atoms with van der Waals surface area (Å²) in [5, 5.41) is 2.82. The largest absolute Gasteiger partial charge is 0.377 e. The average molecular weight is 222 g/mol. The van der Waals surface area contributed by atoms with E-state index in [1.54, 1.807) is 13.3 Å². The van der Waals surface area contributed by atoms with Gasteiger partial charge in [-0.15, -0.1) is 0 Å². The van der Waals surface area contributed by atoms with E-state index in [1.807, 2.05) is 32.0 Å². The number of carbonyl (C=O) groups excluding carboxylic acids is 1. The van der Waals surface area contributed by atoms with Crippen molar-refractivity contribution in [3.63, 3.8) is 0 Å². The van der Waals surface area contributed by atoms with Gasteiger partial charge in [0, 0.05) is 25.5 Å². The van der Waals surface area contributed by atoms with Crippen LogP contribution < -0.4 is 5.32 Å². The summed E-state index contributed by atoms with van der Waals surface area (Å²) in [6, 6.07) is 5.53. The molecule has 0 aliphatic heterocycles. The number of hydrogen-bond donors (Lipinski definition) is 1. The number of methoxy groups -OCH3 is 1. The fourth-order valence-corrected chi connectivity index (χ4v) is 1.11. The summed E-state index contributed by atoms with van der Waals surface area (Å²) >= 11 is 0. The topological polar surface area (TPSA) is 51.2 Å². The number of pyridine rings is 1. The predicted molar refractivity (Wildman–Crippen MR) is 62.0 cm³/mol. The third kappa shape index (κ3) is 4.40. The molecule has 0 saturated carbocycles. The van der Waals surface area contributed by atoms with Crippen molar-refractivity contribution in [2.24, 2.45) is 0 Å². The van der Waals surface area contributed by atoms with Crippen LogP contribution in [0, 0.1) is 0 Å². The summed E-state index contributed by atoms with van der Waals surface area (Å²) in [7, 11) is 1.63. The molecule has 88 valence electrons. The molecule has 0 aliphatic rings. The lowest BCUT2D eigenvalue weighted by molar-refractivity contribution is -0.121. The van der Waals surface area contributed by atoms with Crippen LogP contribution in [0.2, 0.25) is 0 Å². The molecule has 0 bridgehead atoms. The second kappa shape index (κ2) is 5.61. The van der Waals surface area contributed by atoms with Gasteiger partial charge in [0.1, 0.15) is 0 Å². The Morgan fingerprint density at radius 3 is 2.81 bits per heavy atom. The number of carbonyl (C=O) groups is 1. The molecular weight excluding hydrogens is 204 g/mol. The molecule has 1 aromatic heterocycles. The maximum absolute atomic E-state index is 11.6. The van der Waals surface area contributed by atoms with Gasteiger partial charge in [0.25, 0.3) is 0 Å². The van der Waals surface area contributed by atoms with Crippen LogP contribution >= 0.6 is 0 Å². The van der Waals surface area contributed by atoms with Crippen LogP contribution in [0.25, 0.3) is 0 Å². The number of nitrogens with zero attached hydrogens (tertiary/aromatic N) is 1. The number of ether oxygens (including phenoxy) is 1. The third-order valence-electron chi connectivity index (χ3n) is 2.33. The number of aromatic nitrogens is 1. The molecule has 0 fully saturated rings. The maximum Gasteiger partial charge on any atom is 0.226 e. The van der Waals surface area contributed by atoms with E-state index in [0.29, 0.717) is 13.0 Å². The minimum absolute atomic E-state index is 0.0381. The molecule has 4 heteroatoms. The Morgan fingerprint density at radius 1 is 1.50 bits per heavy atom. The lowest BCUT2D eigenvalue weighted by atomic mass is 10.1. The first-order valence-corrected chi connectivity index (χ1v) is 5.25. The highest BCUT2D eigenvalue weighted by molar-refractivity contribution is 5.78. The Balaban J connectivity index is 2.38. The smallest absolute Gasteiger partial charge is 0.226 e. The molecule has 0 radical (unpaired) electrons. The van der Waals surface area contributed by atoms with Gasteiger partial charge in [0.2, 0.25) is 5.91 Å². The molecule has 1 N–H and O–H groups in total. The molecule has 0 spiro atoms. The average Bonchev–Trinajstić information content (AvgIpc) is 2.28. The van der Waals surface area contributed by atoms with Crippen molar-refractivity contribution < 1.29 is 9.53 Å². The summed E-state index contributed by atoms with van der Waals surface area (Å²) in [6.07, 6.45) is 1.99. The summed E-state index contributed by atoms with van der Waals surface area (Å²) in [6.45, 7) is 4.34. The van der Waals surface area contributed by atoms with Gasteiger partial charge in [0.05, 0.1) is 12.0 Å². The van der Waals surface area contributed by atoms with Crippen molar-refractivity contribution in [1.29, 1.82) is 0 Å². The zero-order valence-electron chi connectivity index (χ0n) is 9.99. The van der Waals surface area contributed by atoms with Crippen molar-refractivity contribution in [3.05, 3.63) is 30.1 Å². The molecule has 0 saturated heterocycles. The zero-order chi connectivity index (χ0) is 12.0. The highest BCUT2D eigenvalue weighted by Crippen LogP contribution is 2.04. The van der Waals surface area contributed by atoms with Gasteiger partial charge in [-0.3, -0.25) is 9.78 Å². The second-order valence-corrected chi connectivity index (χ2v) is 4.24. The Labute approximate surface area is 96.0 Å². The second-order valence-electron chi connectivity index (χ2n) is 4.24. The predicted octanol–water partition coefficient (Wildman–Crippen LogP) is 1.17. The van der Waals surface area contributed by atoms with Gasteiger partial charge in [0.15, 0.2) is 0 Å². The van der Waals surface area contributed by atoms with Crippen LogP contribution in [0.5, 0.6) is 0 Å². The van der Waals surface area contributed by atoms with Gasteiger partial charge in [-0.1, -0.05) is 6.07 Å². The Hall–Kier alpha value is -1.42. The standard InChI is InChI=1S/C12H18N2O2/c1-12(2,16-3)9-14-11(15)8-10-6-4-5-7-13-10/h4-7H,8-9H2,1-3H3,(H,14,15). The molecule has 1 aromatic rings. The summed E-state index contributed by atoms with van der Waals surface area (Å²) in [4.78, 5) is 15.7. The zero-order valence-corrected chi connectivity index (χ0v) is 9.99. The van der Waals surface area contributed by atoms with Crippen LogP contribution in [0.3, 0.4) is 0 Å². The van der Waals surface area contributed by atoms with Crippen LogP contribution in [0.15, 0.2) is 24.4 Å². The first kappa shape index (κ1) is 12.6. The molecular formula is C12H18N2O2. The molecule has 0 unspecified atom stereocenters. The van der Waals surface area contributed by atoms with Gasteiger partial charge < -0.3 is 10.1 Å². The number of rotatable bonds is 5. The molecule has 0 aliphatic carbocycles.